The molecule has 0 amide bonds. The Morgan fingerprint density at radius 2 is 1.76 bits per heavy atom. The summed E-state index contributed by atoms with van der Waals surface area (Å²) in [6.45, 7) is 3.40. The van der Waals surface area contributed by atoms with Crippen LogP contribution in [-0.2, 0) is 22.5 Å². The quantitative estimate of drug-likeness (QED) is 0.349. The van der Waals surface area contributed by atoms with Gasteiger partial charge in [0, 0.05) is 22.7 Å². The summed E-state index contributed by atoms with van der Waals surface area (Å²) in [5.74, 6) is 0.0819. The van der Waals surface area contributed by atoms with Crippen LogP contribution in [0, 0.1) is 11.8 Å². The van der Waals surface area contributed by atoms with Crippen LogP contribution in [0.15, 0.2) is 54.6 Å². The van der Waals surface area contributed by atoms with Crippen LogP contribution >= 0.6 is 11.6 Å². The van der Waals surface area contributed by atoms with Crippen molar-refractivity contribution in [3.05, 3.63) is 65.3 Å². The summed E-state index contributed by atoms with van der Waals surface area (Å²) in [5, 5.41) is 14.7. The first-order valence-electron chi connectivity index (χ1n) is 12.3. The zero-order valence-corrected chi connectivity index (χ0v) is 20.5. The van der Waals surface area contributed by atoms with Gasteiger partial charge in [0.05, 0.1) is 18.0 Å². The topological polar surface area (TPSA) is 64.4 Å². The van der Waals surface area contributed by atoms with Gasteiger partial charge in [-0.05, 0) is 61.6 Å². The van der Waals surface area contributed by atoms with Gasteiger partial charge in [-0.3, -0.25) is 4.68 Å². The van der Waals surface area contributed by atoms with E-state index in [1.54, 1.807) is 0 Å². The predicted molar refractivity (Wildman–Crippen MR) is 136 cm³/mol. The van der Waals surface area contributed by atoms with Crippen molar-refractivity contribution in [1.82, 2.24) is 9.78 Å². The zero-order chi connectivity index (χ0) is 23.9. The Balaban J connectivity index is 1.60. The van der Waals surface area contributed by atoms with Crippen molar-refractivity contribution >= 4 is 17.6 Å². The lowest BCUT2D eigenvalue weighted by atomic mass is 9.82. The molecule has 1 N–H and O–H groups in total. The number of ether oxygens (including phenoxy) is 1. The number of aryl methyl sites for hydroxylation is 1. The lowest BCUT2D eigenvalue weighted by molar-refractivity contribution is -0.142. The van der Waals surface area contributed by atoms with E-state index in [1.165, 1.54) is 16.8 Å². The second-order valence-corrected chi connectivity index (χ2v) is 9.71. The van der Waals surface area contributed by atoms with E-state index in [0.29, 0.717) is 18.4 Å². The highest BCUT2D eigenvalue weighted by Crippen LogP contribution is 2.38. The molecule has 0 atom stereocenters. The first-order chi connectivity index (χ1) is 16.5. The molecule has 6 heteroatoms. The zero-order valence-electron chi connectivity index (χ0n) is 19.8. The molecule has 4 rings (SSSR count). The third kappa shape index (κ3) is 6.08. The molecule has 180 valence electrons. The second-order valence-electron chi connectivity index (χ2n) is 9.27. The molecular formula is C28H33ClN2O3. The van der Waals surface area contributed by atoms with Gasteiger partial charge in [-0.15, -0.1) is 0 Å². The van der Waals surface area contributed by atoms with E-state index in [0.717, 1.165) is 61.3 Å². The lowest BCUT2D eigenvalue weighted by Crippen LogP contribution is -2.23. The largest absolute Gasteiger partial charge is 0.480 e. The van der Waals surface area contributed by atoms with Crippen molar-refractivity contribution in [1.29, 1.82) is 0 Å². The van der Waals surface area contributed by atoms with E-state index < -0.39 is 5.97 Å². The average molecular weight is 481 g/mol. The molecule has 0 saturated heterocycles. The van der Waals surface area contributed by atoms with Crippen LogP contribution in [0.5, 0.6) is 0 Å². The Morgan fingerprint density at radius 3 is 2.44 bits per heavy atom. The number of hydrogen-bond donors (Lipinski definition) is 1. The molecular weight excluding hydrogens is 448 g/mol. The lowest BCUT2D eigenvalue weighted by Gasteiger charge is -2.28. The van der Waals surface area contributed by atoms with Crippen molar-refractivity contribution < 1.29 is 14.6 Å². The van der Waals surface area contributed by atoms with Gasteiger partial charge < -0.3 is 9.84 Å². The van der Waals surface area contributed by atoms with Crippen LogP contribution in [0.2, 0.25) is 5.02 Å². The molecule has 1 aliphatic rings. The maximum absolute atomic E-state index is 10.7. The smallest absolute Gasteiger partial charge is 0.329 e. The average Bonchev–Trinajstić information content (AvgIpc) is 3.18. The van der Waals surface area contributed by atoms with Gasteiger partial charge in [0.2, 0.25) is 0 Å². The Bertz CT molecular complexity index is 1090. The molecule has 0 spiro atoms. The monoisotopic (exact) mass is 480 g/mol. The maximum Gasteiger partial charge on any atom is 0.329 e. The van der Waals surface area contributed by atoms with Gasteiger partial charge in [0.25, 0.3) is 0 Å². The molecule has 3 aromatic rings. The standard InChI is InChI=1S/C28H33ClN2O3/c1-2-7-25-27(23-10-6-11-24(29)16-23)28(22-8-4-3-5-9-22)31(30-25)17-20-12-14-21(15-13-20)18-34-19-26(32)33/h3-6,8-11,16,20-21H,2,7,12-15,17-19H2,1H3,(H,32,33). The summed E-state index contributed by atoms with van der Waals surface area (Å²) in [6.07, 6.45) is 6.28. The van der Waals surface area contributed by atoms with Gasteiger partial charge in [-0.2, -0.15) is 5.10 Å². The van der Waals surface area contributed by atoms with Gasteiger partial charge in [0.15, 0.2) is 0 Å². The normalized spacial score (nSPS) is 18.2. The molecule has 1 fully saturated rings. The minimum atomic E-state index is -0.904. The molecule has 0 unspecified atom stereocenters. The predicted octanol–water partition coefficient (Wildman–Crippen LogP) is 6.73. The first kappa shape index (κ1) is 24.5. The highest BCUT2D eigenvalue weighted by atomic mass is 35.5. The molecule has 1 saturated carbocycles. The van der Waals surface area contributed by atoms with Crippen molar-refractivity contribution in [3.63, 3.8) is 0 Å². The number of carboxylic acid groups (broad SMARTS) is 1. The Kier molecular flexibility index (Phi) is 8.41. The first-order valence-corrected chi connectivity index (χ1v) is 12.6. The molecule has 0 bridgehead atoms. The number of nitrogens with zero attached hydrogens (tertiary/aromatic N) is 2. The summed E-state index contributed by atoms with van der Waals surface area (Å²) in [6, 6.07) is 18.6. The van der Waals surface area contributed by atoms with Crippen LogP contribution in [0.1, 0.15) is 44.7 Å². The maximum atomic E-state index is 10.7. The van der Waals surface area contributed by atoms with Crippen molar-refractivity contribution in [2.24, 2.45) is 11.8 Å². The number of aromatic nitrogens is 2. The van der Waals surface area contributed by atoms with Crippen LogP contribution in [0.25, 0.3) is 22.4 Å². The molecule has 0 radical (unpaired) electrons. The van der Waals surface area contributed by atoms with E-state index in [4.69, 9.17) is 26.5 Å². The second kappa shape index (κ2) is 11.7. The molecule has 5 nitrogen and oxygen atoms in total. The molecule has 0 aliphatic heterocycles. The summed E-state index contributed by atoms with van der Waals surface area (Å²) >= 11 is 6.38. The fourth-order valence-corrected chi connectivity index (χ4v) is 5.22. The molecule has 34 heavy (non-hydrogen) atoms. The van der Waals surface area contributed by atoms with E-state index in [1.807, 2.05) is 24.3 Å². The Labute approximate surface area is 206 Å². The van der Waals surface area contributed by atoms with Gasteiger partial charge >= 0.3 is 5.97 Å². The summed E-state index contributed by atoms with van der Waals surface area (Å²) < 4.78 is 7.57. The molecule has 1 heterocycles. The van der Waals surface area contributed by atoms with Gasteiger partial charge in [-0.25, -0.2) is 4.79 Å². The summed E-state index contributed by atoms with van der Waals surface area (Å²) in [5.41, 5.74) is 5.76. The van der Waals surface area contributed by atoms with Crippen molar-refractivity contribution in [3.8, 4) is 22.4 Å². The minimum Gasteiger partial charge on any atom is -0.480 e. The summed E-state index contributed by atoms with van der Waals surface area (Å²) in [4.78, 5) is 10.7. The van der Waals surface area contributed by atoms with Gasteiger partial charge in [-0.1, -0.05) is 67.4 Å². The number of halogens is 1. The fourth-order valence-electron chi connectivity index (χ4n) is 5.03. The molecule has 1 aromatic heterocycles. The Morgan fingerprint density at radius 1 is 1.06 bits per heavy atom. The number of hydrogen-bond acceptors (Lipinski definition) is 3. The van der Waals surface area contributed by atoms with Crippen LogP contribution in [0.3, 0.4) is 0 Å². The van der Waals surface area contributed by atoms with Crippen LogP contribution in [-0.4, -0.2) is 34.1 Å². The number of aliphatic carboxylic acids is 1. The number of carbonyl (C=O) groups is 1. The minimum absolute atomic E-state index is 0.208. The number of benzene rings is 2. The third-order valence-electron chi connectivity index (χ3n) is 6.65. The SMILES string of the molecule is CCCc1nn(CC2CCC(COCC(=O)O)CC2)c(-c2ccccc2)c1-c1cccc(Cl)c1. The van der Waals surface area contributed by atoms with Crippen LogP contribution in [0.4, 0.5) is 0 Å². The molecule has 1 aliphatic carbocycles. The number of carboxylic acids is 1. The van der Waals surface area contributed by atoms with Crippen molar-refractivity contribution in [2.45, 2.75) is 52.0 Å². The summed E-state index contributed by atoms with van der Waals surface area (Å²) in [7, 11) is 0. The Hall–Kier alpha value is -2.63. The van der Waals surface area contributed by atoms with Crippen molar-refractivity contribution in [2.75, 3.05) is 13.2 Å². The fraction of sp³-hybridized carbons (Fsp3) is 0.429. The van der Waals surface area contributed by atoms with E-state index in [9.17, 15) is 4.79 Å². The van der Waals surface area contributed by atoms with Crippen LogP contribution < -0.4 is 0 Å². The highest BCUT2D eigenvalue weighted by molar-refractivity contribution is 6.30. The van der Waals surface area contributed by atoms with Gasteiger partial charge in [0.1, 0.15) is 6.61 Å². The number of rotatable bonds is 10. The molecule has 2 aromatic carbocycles. The third-order valence-corrected chi connectivity index (χ3v) is 6.88. The van der Waals surface area contributed by atoms with E-state index >= 15 is 0 Å². The van der Waals surface area contributed by atoms with E-state index in [2.05, 4.69) is 41.9 Å². The van der Waals surface area contributed by atoms with E-state index in [-0.39, 0.29) is 6.61 Å². The highest BCUT2D eigenvalue weighted by Gasteiger charge is 2.26.